The van der Waals surface area contributed by atoms with Gasteiger partial charge < -0.3 is 5.32 Å². The summed E-state index contributed by atoms with van der Waals surface area (Å²) in [4.78, 5) is 14.0. The first kappa shape index (κ1) is 14.0. The summed E-state index contributed by atoms with van der Waals surface area (Å²) in [7, 11) is 0. The fourth-order valence-electron chi connectivity index (χ4n) is 1.84. The maximum atomic E-state index is 6.12. The second-order valence-electron chi connectivity index (χ2n) is 4.60. The Hall–Kier alpha value is -1.98. The molecule has 21 heavy (non-hydrogen) atoms. The van der Waals surface area contributed by atoms with Gasteiger partial charge in [-0.25, -0.2) is 15.0 Å². The van der Waals surface area contributed by atoms with Gasteiger partial charge in [0.15, 0.2) is 0 Å². The van der Waals surface area contributed by atoms with Gasteiger partial charge in [0, 0.05) is 23.1 Å². The Bertz CT molecular complexity index is 785. The van der Waals surface area contributed by atoms with E-state index in [-0.39, 0.29) is 0 Å². The zero-order valence-corrected chi connectivity index (χ0v) is 13.2. The number of aryl methyl sites for hydroxylation is 2. The van der Waals surface area contributed by atoms with Crippen LogP contribution in [0.1, 0.15) is 10.6 Å². The van der Waals surface area contributed by atoms with E-state index in [4.69, 9.17) is 11.6 Å². The Kier molecular flexibility index (Phi) is 3.86. The van der Waals surface area contributed by atoms with Crippen LogP contribution in [0.4, 0.5) is 11.6 Å². The number of thiazole rings is 1. The zero-order valence-electron chi connectivity index (χ0n) is 11.6. The van der Waals surface area contributed by atoms with Gasteiger partial charge in [0.2, 0.25) is 5.95 Å². The summed E-state index contributed by atoms with van der Waals surface area (Å²) in [5.74, 6) is 0.540. The second kappa shape index (κ2) is 5.79. The normalized spacial score (nSPS) is 10.6. The van der Waals surface area contributed by atoms with E-state index in [0.717, 1.165) is 26.8 Å². The Morgan fingerprint density at radius 3 is 2.71 bits per heavy atom. The van der Waals surface area contributed by atoms with E-state index in [1.54, 1.807) is 17.5 Å². The van der Waals surface area contributed by atoms with Crippen LogP contribution in [-0.4, -0.2) is 15.0 Å². The molecule has 1 aromatic carbocycles. The number of nitrogens with one attached hydrogen (secondary N) is 1. The van der Waals surface area contributed by atoms with Crippen molar-refractivity contribution < 1.29 is 0 Å². The van der Waals surface area contributed by atoms with Gasteiger partial charge in [-0.15, -0.1) is 11.3 Å². The second-order valence-corrected chi connectivity index (χ2v) is 6.24. The van der Waals surface area contributed by atoms with Crippen LogP contribution in [-0.2, 0) is 0 Å². The number of benzene rings is 1. The highest BCUT2D eigenvalue weighted by Crippen LogP contribution is 2.26. The van der Waals surface area contributed by atoms with Crippen molar-refractivity contribution in [3.63, 3.8) is 0 Å². The zero-order chi connectivity index (χ0) is 14.8. The minimum absolute atomic E-state index is 0.540. The lowest BCUT2D eigenvalue weighted by Crippen LogP contribution is -1.97. The molecule has 0 atom stereocenters. The van der Waals surface area contributed by atoms with E-state index < -0.39 is 0 Å². The molecule has 0 aliphatic heterocycles. The van der Waals surface area contributed by atoms with Crippen molar-refractivity contribution in [3.05, 3.63) is 52.3 Å². The molecular formula is C15H13ClN4S. The molecule has 0 radical (unpaired) electrons. The highest BCUT2D eigenvalue weighted by molar-refractivity contribution is 7.15. The van der Waals surface area contributed by atoms with E-state index >= 15 is 0 Å². The molecule has 0 saturated carbocycles. The monoisotopic (exact) mass is 316 g/mol. The molecule has 0 saturated heterocycles. The smallest absolute Gasteiger partial charge is 0.227 e. The third-order valence-electron chi connectivity index (χ3n) is 2.96. The predicted octanol–water partition coefficient (Wildman–Crippen LogP) is 4.61. The van der Waals surface area contributed by atoms with Crippen molar-refractivity contribution in [1.82, 2.24) is 15.0 Å². The summed E-state index contributed by atoms with van der Waals surface area (Å²) >= 11 is 7.73. The molecule has 0 aliphatic carbocycles. The quantitative estimate of drug-likeness (QED) is 0.766. The van der Waals surface area contributed by atoms with E-state index in [2.05, 4.69) is 20.3 Å². The summed E-state index contributed by atoms with van der Waals surface area (Å²) < 4.78 is 0. The molecule has 4 nitrogen and oxygen atoms in total. The van der Waals surface area contributed by atoms with E-state index in [9.17, 15) is 0 Å². The van der Waals surface area contributed by atoms with Gasteiger partial charge in [-0.3, -0.25) is 0 Å². The molecule has 106 valence electrons. The van der Waals surface area contributed by atoms with Gasteiger partial charge in [0.05, 0.1) is 15.6 Å². The van der Waals surface area contributed by atoms with Crippen LogP contribution in [0.2, 0.25) is 5.02 Å². The molecule has 2 aromatic heterocycles. The number of hydrogen-bond donors (Lipinski definition) is 1. The van der Waals surface area contributed by atoms with Crippen molar-refractivity contribution in [1.29, 1.82) is 0 Å². The summed E-state index contributed by atoms with van der Waals surface area (Å²) in [6.07, 6.45) is 3.56. The number of nitrogens with zero attached hydrogens (tertiary/aromatic N) is 3. The van der Waals surface area contributed by atoms with Gasteiger partial charge in [-0.2, -0.15) is 0 Å². The predicted molar refractivity (Wildman–Crippen MR) is 87.3 cm³/mol. The molecule has 0 bridgehead atoms. The first-order valence-corrected chi connectivity index (χ1v) is 7.60. The highest BCUT2D eigenvalue weighted by atomic mass is 35.5. The van der Waals surface area contributed by atoms with Crippen LogP contribution in [0.3, 0.4) is 0 Å². The molecule has 0 aliphatic rings. The maximum Gasteiger partial charge on any atom is 0.227 e. The Morgan fingerprint density at radius 2 is 2.00 bits per heavy atom. The topological polar surface area (TPSA) is 50.7 Å². The molecule has 0 amide bonds. The fourth-order valence-corrected chi connectivity index (χ4v) is 2.76. The fraction of sp³-hybridized carbons (Fsp3) is 0.133. The summed E-state index contributed by atoms with van der Waals surface area (Å²) in [6, 6.07) is 7.65. The van der Waals surface area contributed by atoms with Gasteiger partial charge in [0.25, 0.3) is 0 Å². The number of aromatic nitrogens is 3. The van der Waals surface area contributed by atoms with Crippen LogP contribution in [0, 0.1) is 13.8 Å². The first-order chi connectivity index (χ1) is 10.1. The van der Waals surface area contributed by atoms with Crippen LogP contribution in [0.5, 0.6) is 0 Å². The van der Waals surface area contributed by atoms with Crippen molar-refractivity contribution in [2.24, 2.45) is 0 Å². The van der Waals surface area contributed by atoms with Crippen LogP contribution < -0.4 is 5.32 Å². The number of hydrogen-bond acceptors (Lipinski definition) is 5. The molecular weight excluding hydrogens is 304 g/mol. The number of rotatable bonds is 3. The van der Waals surface area contributed by atoms with Crippen molar-refractivity contribution in [2.75, 3.05) is 5.32 Å². The molecule has 0 spiro atoms. The average Bonchev–Trinajstić information content (AvgIpc) is 2.90. The summed E-state index contributed by atoms with van der Waals surface area (Å²) in [6.45, 7) is 3.94. The van der Waals surface area contributed by atoms with E-state index in [1.165, 1.54) is 0 Å². The molecule has 0 unspecified atom stereocenters. The van der Waals surface area contributed by atoms with Crippen LogP contribution in [0.15, 0.2) is 36.7 Å². The third kappa shape index (κ3) is 3.20. The molecule has 6 heteroatoms. The van der Waals surface area contributed by atoms with E-state index in [1.807, 2.05) is 44.3 Å². The van der Waals surface area contributed by atoms with Crippen molar-refractivity contribution >= 4 is 34.6 Å². The van der Waals surface area contributed by atoms with Crippen molar-refractivity contribution in [3.8, 4) is 10.6 Å². The average molecular weight is 317 g/mol. The molecule has 1 N–H and O–H groups in total. The van der Waals surface area contributed by atoms with E-state index in [0.29, 0.717) is 11.0 Å². The number of halogens is 1. The molecule has 3 aromatic rings. The minimum Gasteiger partial charge on any atom is -0.324 e. The van der Waals surface area contributed by atoms with Gasteiger partial charge in [-0.1, -0.05) is 17.7 Å². The maximum absolute atomic E-state index is 6.12. The standard InChI is InChI=1S/C15H13ClN4S/c1-9-3-4-11(7-12(9)16)19-15-17-6-5-13(20-15)14-8-18-10(2)21-14/h3-8H,1-2H3,(H,17,19,20). The molecule has 3 rings (SSSR count). The number of anilines is 2. The van der Waals surface area contributed by atoms with Crippen LogP contribution >= 0.6 is 22.9 Å². The molecule has 2 heterocycles. The Balaban J connectivity index is 1.87. The summed E-state index contributed by atoms with van der Waals surface area (Å²) in [5.41, 5.74) is 2.76. The lowest BCUT2D eigenvalue weighted by atomic mass is 10.2. The Labute approximate surface area is 131 Å². The largest absolute Gasteiger partial charge is 0.324 e. The first-order valence-electron chi connectivity index (χ1n) is 6.41. The SMILES string of the molecule is Cc1ncc(-c2ccnc(Nc3ccc(C)c(Cl)c3)n2)s1. The van der Waals surface area contributed by atoms with Gasteiger partial charge in [0.1, 0.15) is 0 Å². The third-order valence-corrected chi connectivity index (χ3v) is 4.30. The van der Waals surface area contributed by atoms with Crippen LogP contribution in [0.25, 0.3) is 10.6 Å². The lowest BCUT2D eigenvalue weighted by molar-refractivity contribution is 1.17. The Morgan fingerprint density at radius 1 is 1.14 bits per heavy atom. The van der Waals surface area contributed by atoms with Gasteiger partial charge in [-0.05, 0) is 37.6 Å². The molecule has 0 fully saturated rings. The highest BCUT2D eigenvalue weighted by Gasteiger charge is 2.06. The van der Waals surface area contributed by atoms with Crippen molar-refractivity contribution in [2.45, 2.75) is 13.8 Å². The van der Waals surface area contributed by atoms with Gasteiger partial charge >= 0.3 is 0 Å². The minimum atomic E-state index is 0.540. The summed E-state index contributed by atoms with van der Waals surface area (Å²) in [5, 5.41) is 4.90. The lowest BCUT2D eigenvalue weighted by Gasteiger charge is -2.07.